The van der Waals surface area contributed by atoms with E-state index in [4.69, 9.17) is 4.74 Å². The second-order valence-corrected chi connectivity index (χ2v) is 4.19. The van der Waals surface area contributed by atoms with Gasteiger partial charge in [-0.3, -0.25) is 4.98 Å². The van der Waals surface area contributed by atoms with Gasteiger partial charge in [0.15, 0.2) is 0 Å². The molecule has 0 bridgehead atoms. The standard InChI is InChI=1S/C12H19NO/c1-8(2)12-7-11(14-9(3)4)6-10(5)13-12/h6-9H,1-5H3. The predicted molar refractivity (Wildman–Crippen MR) is 58.8 cm³/mol. The molecule has 78 valence electrons. The molecule has 14 heavy (non-hydrogen) atoms. The van der Waals surface area contributed by atoms with Crippen molar-refractivity contribution in [1.82, 2.24) is 4.98 Å². The van der Waals surface area contributed by atoms with Crippen LogP contribution in [0.2, 0.25) is 0 Å². The van der Waals surface area contributed by atoms with E-state index in [-0.39, 0.29) is 6.10 Å². The first-order valence-corrected chi connectivity index (χ1v) is 5.14. The van der Waals surface area contributed by atoms with Crippen molar-refractivity contribution >= 4 is 0 Å². The topological polar surface area (TPSA) is 22.1 Å². The average molecular weight is 193 g/mol. The molecule has 0 saturated carbocycles. The molecule has 1 heterocycles. The molecule has 1 aromatic rings. The molecule has 0 aliphatic carbocycles. The first-order chi connectivity index (χ1) is 6.49. The summed E-state index contributed by atoms with van der Waals surface area (Å²) in [5.74, 6) is 1.38. The van der Waals surface area contributed by atoms with E-state index in [1.54, 1.807) is 0 Å². The van der Waals surface area contributed by atoms with Crippen molar-refractivity contribution in [1.29, 1.82) is 0 Å². The summed E-state index contributed by atoms with van der Waals surface area (Å²) >= 11 is 0. The van der Waals surface area contributed by atoms with Crippen LogP contribution in [0.25, 0.3) is 0 Å². The van der Waals surface area contributed by atoms with Crippen LogP contribution < -0.4 is 4.74 Å². The monoisotopic (exact) mass is 193 g/mol. The third-order valence-corrected chi connectivity index (χ3v) is 1.91. The van der Waals surface area contributed by atoms with E-state index in [1.807, 2.05) is 32.9 Å². The van der Waals surface area contributed by atoms with Gasteiger partial charge in [-0.05, 0) is 26.7 Å². The Morgan fingerprint density at radius 1 is 1.14 bits per heavy atom. The lowest BCUT2D eigenvalue weighted by Gasteiger charge is -2.13. The van der Waals surface area contributed by atoms with Crippen molar-refractivity contribution in [3.05, 3.63) is 23.5 Å². The highest BCUT2D eigenvalue weighted by molar-refractivity contribution is 5.28. The minimum atomic E-state index is 0.219. The van der Waals surface area contributed by atoms with Gasteiger partial charge in [0.2, 0.25) is 0 Å². The third-order valence-electron chi connectivity index (χ3n) is 1.91. The zero-order chi connectivity index (χ0) is 10.7. The van der Waals surface area contributed by atoms with E-state index < -0.39 is 0 Å². The van der Waals surface area contributed by atoms with Gasteiger partial charge in [0.1, 0.15) is 5.75 Å². The van der Waals surface area contributed by atoms with Crippen molar-refractivity contribution in [3.8, 4) is 5.75 Å². The number of ether oxygens (including phenoxy) is 1. The molecule has 2 nitrogen and oxygen atoms in total. The summed E-state index contributed by atoms with van der Waals surface area (Å²) in [6.45, 7) is 10.3. The molecular weight excluding hydrogens is 174 g/mol. The fourth-order valence-electron chi connectivity index (χ4n) is 1.30. The number of aryl methyl sites for hydroxylation is 1. The smallest absolute Gasteiger partial charge is 0.123 e. The largest absolute Gasteiger partial charge is 0.491 e. The molecule has 0 aromatic carbocycles. The number of nitrogens with zero attached hydrogens (tertiary/aromatic N) is 1. The fraction of sp³-hybridized carbons (Fsp3) is 0.583. The van der Waals surface area contributed by atoms with Crippen LogP contribution in [0.15, 0.2) is 12.1 Å². The summed E-state index contributed by atoms with van der Waals surface area (Å²) < 4.78 is 5.65. The zero-order valence-electron chi connectivity index (χ0n) is 9.66. The van der Waals surface area contributed by atoms with Crippen molar-refractivity contribution in [2.45, 2.75) is 46.6 Å². The Bertz CT molecular complexity index is 305. The van der Waals surface area contributed by atoms with Crippen LogP contribution in [-0.4, -0.2) is 11.1 Å². The number of aromatic nitrogens is 1. The lowest BCUT2D eigenvalue weighted by atomic mass is 10.1. The molecule has 0 radical (unpaired) electrons. The highest BCUT2D eigenvalue weighted by Crippen LogP contribution is 2.20. The highest BCUT2D eigenvalue weighted by atomic mass is 16.5. The lowest BCUT2D eigenvalue weighted by molar-refractivity contribution is 0.241. The summed E-state index contributed by atoms with van der Waals surface area (Å²) in [6.07, 6.45) is 0.219. The minimum absolute atomic E-state index is 0.219. The Morgan fingerprint density at radius 2 is 1.79 bits per heavy atom. The van der Waals surface area contributed by atoms with E-state index in [1.165, 1.54) is 0 Å². The van der Waals surface area contributed by atoms with Gasteiger partial charge in [0.25, 0.3) is 0 Å². The Morgan fingerprint density at radius 3 is 2.29 bits per heavy atom. The van der Waals surface area contributed by atoms with Gasteiger partial charge in [-0.2, -0.15) is 0 Å². The van der Waals surface area contributed by atoms with Crippen LogP contribution in [-0.2, 0) is 0 Å². The van der Waals surface area contributed by atoms with Crippen LogP contribution in [0.5, 0.6) is 5.75 Å². The number of hydrogen-bond donors (Lipinski definition) is 0. The van der Waals surface area contributed by atoms with Crippen LogP contribution in [0, 0.1) is 6.92 Å². The Hall–Kier alpha value is -1.05. The van der Waals surface area contributed by atoms with Gasteiger partial charge in [0, 0.05) is 23.5 Å². The molecule has 0 spiro atoms. The first kappa shape index (κ1) is 11.0. The van der Waals surface area contributed by atoms with Crippen molar-refractivity contribution in [2.75, 3.05) is 0 Å². The molecule has 0 saturated heterocycles. The van der Waals surface area contributed by atoms with Gasteiger partial charge in [0.05, 0.1) is 6.10 Å². The van der Waals surface area contributed by atoms with Crippen LogP contribution in [0.3, 0.4) is 0 Å². The molecule has 1 aromatic heterocycles. The molecular formula is C12H19NO. The summed E-state index contributed by atoms with van der Waals surface area (Å²) in [5.41, 5.74) is 2.12. The highest BCUT2D eigenvalue weighted by Gasteiger charge is 2.05. The molecule has 0 aliphatic heterocycles. The van der Waals surface area contributed by atoms with Gasteiger partial charge >= 0.3 is 0 Å². The van der Waals surface area contributed by atoms with E-state index in [0.29, 0.717) is 5.92 Å². The van der Waals surface area contributed by atoms with Gasteiger partial charge in [-0.15, -0.1) is 0 Å². The number of hydrogen-bond acceptors (Lipinski definition) is 2. The summed E-state index contributed by atoms with van der Waals surface area (Å²) in [5, 5.41) is 0. The first-order valence-electron chi connectivity index (χ1n) is 5.14. The minimum Gasteiger partial charge on any atom is -0.491 e. The maximum atomic E-state index is 5.65. The summed E-state index contributed by atoms with van der Waals surface area (Å²) in [6, 6.07) is 4.00. The molecule has 0 amide bonds. The predicted octanol–water partition coefficient (Wildman–Crippen LogP) is 3.30. The Balaban J connectivity index is 2.95. The van der Waals surface area contributed by atoms with E-state index in [0.717, 1.165) is 17.1 Å². The Kier molecular flexibility index (Phi) is 3.50. The molecule has 0 atom stereocenters. The van der Waals surface area contributed by atoms with Gasteiger partial charge in [-0.1, -0.05) is 13.8 Å². The Labute approximate surface area is 86.3 Å². The molecule has 0 N–H and O–H groups in total. The van der Waals surface area contributed by atoms with Crippen LogP contribution in [0.1, 0.15) is 45.0 Å². The van der Waals surface area contributed by atoms with E-state index in [2.05, 4.69) is 18.8 Å². The molecule has 2 heteroatoms. The second kappa shape index (κ2) is 4.45. The molecule has 0 unspecified atom stereocenters. The van der Waals surface area contributed by atoms with Crippen molar-refractivity contribution < 1.29 is 4.74 Å². The lowest BCUT2D eigenvalue weighted by Crippen LogP contribution is -2.07. The normalized spacial score (nSPS) is 11.1. The van der Waals surface area contributed by atoms with Crippen molar-refractivity contribution in [2.24, 2.45) is 0 Å². The second-order valence-electron chi connectivity index (χ2n) is 4.19. The van der Waals surface area contributed by atoms with Crippen LogP contribution >= 0.6 is 0 Å². The van der Waals surface area contributed by atoms with Crippen molar-refractivity contribution in [3.63, 3.8) is 0 Å². The summed E-state index contributed by atoms with van der Waals surface area (Å²) in [7, 11) is 0. The molecule has 0 aliphatic rings. The SMILES string of the molecule is Cc1cc(OC(C)C)cc(C(C)C)n1. The zero-order valence-corrected chi connectivity index (χ0v) is 9.66. The number of rotatable bonds is 3. The number of pyridine rings is 1. The summed E-state index contributed by atoms with van der Waals surface area (Å²) in [4.78, 5) is 4.46. The van der Waals surface area contributed by atoms with Gasteiger partial charge in [-0.25, -0.2) is 0 Å². The third kappa shape index (κ3) is 3.02. The quantitative estimate of drug-likeness (QED) is 0.734. The molecule has 0 fully saturated rings. The van der Waals surface area contributed by atoms with E-state index >= 15 is 0 Å². The van der Waals surface area contributed by atoms with Crippen LogP contribution in [0.4, 0.5) is 0 Å². The average Bonchev–Trinajstić information content (AvgIpc) is 2.01. The molecule has 1 rings (SSSR count). The maximum Gasteiger partial charge on any atom is 0.123 e. The van der Waals surface area contributed by atoms with Gasteiger partial charge < -0.3 is 4.74 Å². The van der Waals surface area contributed by atoms with E-state index in [9.17, 15) is 0 Å². The maximum absolute atomic E-state index is 5.65. The fourth-order valence-corrected chi connectivity index (χ4v) is 1.30.